The molecule has 1 saturated heterocycles. The standard InChI is InChI=1S/C22H25NO3/c1-16(18-7-3-2-4-8-18)21(24)23-13-11-17(12-14-23)15-19-9-5-6-10-20(19)22(25)26/h2-10,16-17H,11-15H2,1H3,(H,25,26)/t16-/m1/s1. The van der Waals surface area contributed by atoms with Crippen LogP contribution in [0.1, 0.15) is 47.2 Å². The summed E-state index contributed by atoms with van der Waals surface area (Å²) >= 11 is 0. The first-order chi connectivity index (χ1) is 12.6. The Bertz CT molecular complexity index is 764. The first kappa shape index (κ1) is 18.2. The van der Waals surface area contributed by atoms with Crippen molar-refractivity contribution in [1.82, 2.24) is 4.90 Å². The molecule has 1 heterocycles. The van der Waals surface area contributed by atoms with Crippen LogP contribution in [-0.4, -0.2) is 35.0 Å². The fraction of sp³-hybridized carbons (Fsp3) is 0.364. The normalized spacial score (nSPS) is 16.3. The largest absolute Gasteiger partial charge is 0.478 e. The number of aromatic carboxylic acids is 1. The van der Waals surface area contributed by atoms with Crippen LogP contribution in [0, 0.1) is 5.92 Å². The smallest absolute Gasteiger partial charge is 0.335 e. The number of hydrogen-bond donors (Lipinski definition) is 1. The number of benzene rings is 2. The minimum Gasteiger partial charge on any atom is -0.478 e. The molecule has 4 nitrogen and oxygen atoms in total. The third kappa shape index (κ3) is 4.13. The van der Waals surface area contributed by atoms with E-state index in [-0.39, 0.29) is 11.8 Å². The zero-order valence-electron chi connectivity index (χ0n) is 15.1. The Balaban J connectivity index is 1.58. The maximum Gasteiger partial charge on any atom is 0.335 e. The SMILES string of the molecule is C[C@@H](C(=O)N1CCC(Cc2ccccc2C(=O)O)CC1)c1ccccc1. The lowest BCUT2D eigenvalue weighted by molar-refractivity contribution is -0.133. The fourth-order valence-corrected chi connectivity index (χ4v) is 3.73. The van der Waals surface area contributed by atoms with E-state index in [1.54, 1.807) is 12.1 Å². The van der Waals surface area contributed by atoms with Gasteiger partial charge in [0.25, 0.3) is 0 Å². The minimum atomic E-state index is -0.870. The van der Waals surface area contributed by atoms with Crippen molar-refractivity contribution in [3.8, 4) is 0 Å². The Morgan fingerprint density at radius 3 is 2.31 bits per heavy atom. The van der Waals surface area contributed by atoms with Crippen molar-refractivity contribution >= 4 is 11.9 Å². The third-order valence-electron chi connectivity index (χ3n) is 5.35. The molecule has 0 unspecified atom stereocenters. The van der Waals surface area contributed by atoms with Crippen molar-refractivity contribution in [3.05, 3.63) is 71.3 Å². The topological polar surface area (TPSA) is 57.6 Å². The van der Waals surface area contributed by atoms with Gasteiger partial charge in [0.1, 0.15) is 0 Å². The zero-order chi connectivity index (χ0) is 18.5. The lowest BCUT2D eigenvalue weighted by Crippen LogP contribution is -2.41. The summed E-state index contributed by atoms with van der Waals surface area (Å²) in [6.45, 7) is 3.46. The van der Waals surface area contributed by atoms with Gasteiger partial charge in [0.2, 0.25) is 5.91 Å². The molecular weight excluding hydrogens is 326 g/mol. The highest BCUT2D eigenvalue weighted by atomic mass is 16.4. The maximum atomic E-state index is 12.8. The Hall–Kier alpha value is -2.62. The predicted octanol–water partition coefficient (Wildman–Crippen LogP) is 3.97. The van der Waals surface area contributed by atoms with Gasteiger partial charge < -0.3 is 10.0 Å². The van der Waals surface area contributed by atoms with Crippen molar-refractivity contribution in [2.45, 2.75) is 32.1 Å². The Morgan fingerprint density at radius 2 is 1.65 bits per heavy atom. The van der Waals surface area contributed by atoms with Crippen LogP contribution >= 0.6 is 0 Å². The first-order valence-corrected chi connectivity index (χ1v) is 9.21. The third-order valence-corrected chi connectivity index (χ3v) is 5.35. The van der Waals surface area contributed by atoms with Crippen LogP contribution in [0.25, 0.3) is 0 Å². The van der Waals surface area contributed by atoms with Gasteiger partial charge in [0.05, 0.1) is 11.5 Å². The molecule has 136 valence electrons. The molecule has 1 atom stereocenters. The van der Waals surface area contributed by atoms with Crippen LogP contribution in [0.15, 0.2) is 54.6 Å². The molecule has 1 amide bonds. The summed E-state index contributed by atoms with van der Waals surface area (Å²) in [5.74, 6) is -0.391. The molecule has 0 saturated carbocycles. The van der Waals surface area contributed by atoms with E-state index in [2.05, 4.69) is 0 Å². The van der Waals surface area contributed by atoms with Crippen molar-refractivity contribution in [1.29, 1.82) is 0 Å². The Labute approximate surface area is 154 Å². The second-order valence-electron chi connectivity index (χ2n) is 7.07. The summed E-state index contributed by atoms with van der Waals surface area (Å²) in [7, 11) is 0. The number of rotatable bonds is 5. The number of nitrogens with zero attached hydrogens (tertiary/aromatic N) is 1. The molecule has 4 heteroatoms. The van der Waals surface area contributed by atoms with Crippen LogP contribution < -0.4 is 0 Å². The van der Waals surface area contributed by atoms with E-state index in [0.717, 1.165) is 43.5 Å². The number of amides is 1. The molecule has 0 bridgehead atoms. The average Bonchev–Trinajstić information content (AvgIpc) is 2.68. The Morgan fingerprint density at radius 1 is 1.04 bits per heavy atom. The van der Waals surface area contributed by atoms with Gasteiger partial charge in [-0.25, -0.2) is 4.79 Å². The fourth-order valence-electron chi connectivity index (χ4n) is 3.73. The number of carbonyl (C=O) groups excluding carboxylic acids is 1. The molecule has 0 aliphatic carbocycles. The quantitative estimate of drug-likeness (QED) is 0.887. The van der Waals surface area contributed by atoms with Gasteiger partial charge in [-0.1, -0.05) is 48.5 Å². The van der Waals surface area contributed by atoms with Gasteiger partial charge in [-0.3, -0.25) is 4.79 Å². The van der Waals surface area contributed by atoms with Crippen LogP contribution in [0.3, 0.4) is 0 Å². The van der Waals surface area contributed by atoms with Gasteiger partial charge >= 0.3 is 5.97 Å². The summed E-state index contributed by atoms with van der Waals surface area (Å²) in [6.07, 6.45) is 2.60. The molecule has 3 rings (SSSR count). The highest BCUT2D eigenvalue weighted by Crippen LogP contribution is 2.26. The van der Waals surface area contributed by atoms with Crippen LogP contribution in [0.2, 0.25) is 0 Å². The Kier molecular flexibility index (Phi) is 5.71. The lowest BCUT2D eigenvalue weighted by Gasteiger charge is -2.34. The molecule has 2 aromatic rings. The number of carboxylic acid groups (broad SMARTS) is 1. The highest BCUT2D eigenvalue weighted by Gasteiger charge is 2.27. The molecule has 1 aliphatic rings. The maximum absolute atomic E-state index is 12.8. The molecule has 1 fully saturated rings. The van der Waals surface area contributed by atoms with E-state index in [1.165, 1.54) is 0 Å². The highest BCUT2D eigenvalue weighted by molar-refractivity contribution is 5.89. The summed E-state index contributed by atoms with van der Waals surface area (Å²) in [6, 6.07) is 17.1. The number of piperidine rings is 1. The number of carbonyl (C=O) groups is 2. The number of carboxylic acids is 1. The second-order valence-corrected chi connectivity index (χ2v) is 7.07. The molecule has 1 N–H and O–H groups in total. The van der Waals surface area contributed by atoms with Gasteiger partial charge in [0, 0.05) is 13.1 Å². The van der Waals surface area contributed by atoms with Crippen LogP contribution in [0.4, 0.5) is 0 Å². The summed E-state index contributed by atoms with van der Waals surface area (Å²) < 4.78 is 0. The molecule has 0 aromatic heterocycles. The average molecular weight is 351 g/mol. The predicted molar refractivity (Wildman–Crippen MR) is 101 cm³/mol. The number of likely N-dealkylation sites (tertiary alicyclic amines) is 1. The van der Waals surface area contributed by atoms with E-state index in [1.807, 2.05) is 54.3 Å². The van der Waals surface area contributed by atoms with Crippen molar-refractivity contribution < 1.29 is 14.7 Å². The van der Waals surface area contributed by atoms with E-state index in [4.69, 9.17) is 0 Å². The van der Waals surface area contributed by atoms with E-state index in [0.29, 0.717) is 11.5 Å². The van der Waals surface area contributed by atoms with Crippen molar-refractivity contribution in [2.24, 2.45) is 5.92 Å². The van der Waals surface area contributed by atoms with Crippen LogP contribution in [0.5, 0.6) is 0 Å². The van der Waals surface area contributed by atoms with Gasteiger partial charge in [-0.15, -0.1) is 0 Å². The second kappa shape index (κ2) is 8.17. The first-order valence-electron chi connectivity index (χ1n) is 9.21. The van der Waals surface area contributed by atoms with E-state index in [9.17, 15) is 14.7 Å². The molecule has 0 radical (unpaired) electrons. The van der Waals surface area contributed by atoms with Gasteiger partial charge in [0.15, 0.2) is 0 Å². The molecule has 26 heavy (non-hydrogen) atoms. The molecular formula is C22H25NO3. The van der Waals surface area contributed by atoms with Gasteiger partial charge in [-0.05, 0) is 49.3 Å². The van der Waals surface area contributed by atoms with E-state index < -0.39 is 5.97 Å². The summed E-state index contributed by atoms with van der Waals surface area (Å²) in [5, 5.41) is 9.33. The summed E-state index contributed by atoms with van der Waals surface area (Å²) in [5.41, 5.74) is 2.33. The zero-order valence-corrected chi connectivity index (χ0v) is 15.1. The minimum absolute atomic E-state index is 0.125. The van der Waals surface area contributed by atoms with Crippen molar-refractivity contribution in [3.63, 3.8) is 0 Å². The monoisotopic (exact) mass is 351 g/mol. The molecule has 1 aliphatic heterocycles. The van der Waals surface area contributed by atoms with E-state index >= 15 is 0 Å². The number of hydrogen-bond acceptors (Lipinski definition) is 2. The molecule has 0 spiro atoms. The lowest BCUT2D eigenvalue weighted by atomic mass is 9.87. The van der Waals surface area contributed by atoms with Gasteiger partial charge in [-0.2, -0.15) is 0 Å². The van der Waals surface area contributed by atoms with Crippen LogP contribution in [-0.2, 0) is 11.2 Å². The van der Waals surface area contributed by atoms with Crippen molar-refractivity contribution in [2.75, 3.05) is 13.1 Å². The summed E-state index contributed by atoms with van der Waals surface area (Å²) in [4.78, 5) is 26.1. The molecule has 2 aromatic carbocycles.